The second-order valence-electron chi connectivity index (χ2n) is 7.21. The number of carbonyl (C=O) groups excluding carboxylic acids is 1. The predicted molar refractivity (Wildman–Crippen MR) is 109 cm³/mol. The molecule has 0 atom stereocenters. The largest absolute Gasteiger partial charge is 0.411 e. The van der Waals surface area contributed by atoms with Gasteiger partial charge in [-0.1, -0.05) is 5.16 Å². The van der Waals surface area contributed by atoms with Crippen LogP contribution in [0.3, 0.4) is 0 Å². The van der Waals surface area contributed by atoms with Gasteiger partial charge in [-0.05, 0) is 37.5 Å². The SMILES string of the molecule is Cc1cc(/C(=N\O)C2CC2)ncc1-c1cc2cnc(NC=O)cc2n2ccnc12. The molecule has 0 aromatic carbocycles. The zero-order valence-electron chi connectivity index (χ0n) is 15.7. The Hall–Kier alpha value is -3.81. The molecule has 1 saturated carbocycles. The molecule has 0 spiro atoms. The highest BCUT2D eigenvalue weighted by Gasteiger charge is 2.30. The zero-order valence-corrected chi connectivity index (χ0v) is 15.7. The number of hydrogen-bond donors (Lipinski definition) is 2. The monoisotopic (exact) mass is 386 g/mol. The minimum absolute atomic E-state index is 0.303. The fraction of sp³-hybridized carbons (Fsp3) is 0.190. The average molecular weight is 386 g/mol. The molecule has 29 heavy (non-hydrogen) atoms. The highest BCUT2D eigenvalue weighted by molar-refractivity contribution is 6.02. The van der Waals surface area contributed by atoms with Crippen molar-refractivity contribution in [1.82, 2.24) is 19.4 Å². The average Bonchev–Trinajstić information content (AvgIpc) is 3.43. The van der Waals surface area contributed by atoms with E-state index in [0.717, 1.165) is 46.1 Å². The molecule has 4 aromatic heterocycles. The Kier molecular flexibility index (Phi) is 3.97. The van der Waals surface area contributed by atoms with Crippen LogP contribution in [0.4, 0.5) is 5.82 Å². The number of anilines is 1. The van der Waals surface area contributed by atoms with E-state index in [-0.39, 0.29) is 0 Å². The van der Waals surface area contributed by atoms with Gasteiger partial charge >= 0.3 is 0 Å². The van der Waals surface area contributed by atoms with Gasteiger partial charge in [-0.3, -0.25) is 14.2 Å². The highest BCUT2D eigenvalue weighted by atomic mass is 16.4. The molecule has 1 aliphatic carbocycles. The molecule has 1 fully saturated rings. The minimum atomic E-state index is 0.303. The first kappa shape index (κ1) is 17.3. The number of nitrogens with one attached hydrogen (secondary N) is 1. The Morgan fingerprint density at radius 2 is 2.07 bits per heavy atom. The first-order valence-corrected chi connectivity index (χ1v) is 9.35. The van der Waals surface area contributed by atoms with Crippen molar-refractivity contribution in [3.05, 3.63) is 54.2 Å². The van der Waals surface area contributed by atoms with Gasteiger partial charge in [-0.15, -0.1) is 0 Å². The lowest BCUT2D eigenvalue weighted by Crippen LogP contribution is -2.07. The highest BCUT2D eigenvalue weighted by Crippen LogP contribution is 2.35. The molecule has 1 aliphatic rings. The normalized spacial score (nSPS) is 14.4. The number of nitrogens with zero attached hydrogens (tertiary/aromatic N) is 5. The molecule has 5 rings (SSSR count). The van der Waals surface area contributed by atoms with Crippen molar-refractivity contribution < 1.29 is 10.0 Å². The molecule has 0 saturated heterocycles. The smallest absolute Gasteiger partial charge is 0.212 e. The number of imidazole rings is 1. The van der Waals surface area contributed by atoms with Gasteiger partial charge in [0.25, 0.3) is 0 Å². The second-order valence-corrected chi connectivity index (χ2v) is 7.21. The lowest BCUT2D eigenvalue weighted by molar-refractivity contribution is -0.105. The molecule has 8 heteroatoms. The Morgan fingerprint density at radius 3 is 2.79 bits per heavy atom. The van der Waals surface area contributed by atoms with E-state index in [1.54, 1.807) is 12.4 Å². The maximum absolute atomic E-state index is 10.7. The molecule has 8 nitrogen and oxygen atoms in total. The van der Waals surface area contributed by atoms with Crippen LogP contribution in [0, 0.1) is 12.8 Å². The molecule has 0 unspecified atom stereocenters. The summed E-state index contributed by atoms with van der Waals surface area (Å²) in [5.41, 5.74) is 5.96. The minimum Gasteiger partial charge on any atom is -0.411 e. The standard InChI is InChI=1S/C21H18N6O2/c1-12-6-17(20(26-29)13-2-3-13)23-10-16(12)15-7-14-9-24-19(25-11-28)8-18(14)27-5-4-22-21(15)27/h4-11,13,29H,2-3H2,1H3,(H,24,25,28)/b26-20-. The zero-order chi connectivity index (χ0) is 20.0. The van der Waals surface area contributed by atoms with E-state index >= 15 is 0 Å². The fourth-order valence-corrected chi connectivity index (χ4v) is 3.71. The first-order chi connectivity index (χ1) is 14.2. The lowest BCUT2D eigenvalue weighted by Gasteiger charge is -2.12. The summed E-state index contributed by atoms with van der Waals surface area (Å²) in [5, 5.41) is 16.3. The number of fused-ring (bicyclic) bond motifs is 3. The molecular weight excluding hydrogens is 368 g/mol. The third-order valence-electron chi connectivity index (χ3n) is 5.29. The van der Waals surface area contributed by atoms with E-state index in [1.807, 2.05) is 41.9 Å². The Labute approximate surface area is 165 Å². The summed E-state index contributed by atoms with van der Waals surface area (Å²) in [6.07, 6.45) is 9.84. The first-order valence-electron chi connectivity index (χ1n) is 9.35. The summed E-state index contributed by atoms with van der Waals surface area (Å²) < 4.78 is 1.97. The van der Waals surface area contributed by atoms with Crippen LogP contribution in [0.15, 0.2) is 48.1 Å². The van der Waals surface area contributed by atoms with Gasteiger partial charge in [0.2, 0.25) is 6.41 Å². The lowest BCUT2D eigenvalue weighted by atomic mass is 10.0. The molecular formula is C21H18N6O2. The van der Waals surface area contributed by atoms with Crippen LogP contribution in [0.2, 0.25) is 0 Å². The van der Waals surface area contributed by atoms with Gasteiger partial charge in [0.15, 0.2) is 0 Å². The maximum atomic E-state index is 10.7. The van der Waals surface area contributed by atoms with Crippen LogP contribution in [0.1, 0.15) is 24.1 Å². The van der Waals surface area contributed by atoms with Crippen molar-refractivity contribution in [2.75, 3.05) is 5.32 Å². The van der Waals surface area contributed by atoms with Gasteiger partial charge < -0.3 is 10.5 Å². The van der Waals surface area contributed by atoms with Crippen LogP contribution in [-0.2, 0) is 4.79 Å². The Bertz CT molecular complexity index is 1290. The third kappa shape index (κ3) is 2.89. The summed E-state index contributed by atoms with van der Waals surface area (Å²) >= 11 is 0. The number of amides is 1. The van der Waals surface area contributed by atoms with Crippen molar-refractivity contribution in [1.29, 1.82) is 0 Å². The van der Waals surface area contributed by atoms with E-state index in [2.05, 4.69) is 25.4 Å². The molecule has 0 aliphatic heterocycles. The van der Waals surface area contributed by atoms with Gasteiger partial charge in [0, 0.05) is 53.3 Å². The summed E-state index contributed by atoms with van der Waals surface area (Å²) in [7, 11) is 0. The van der Waals surface area contributed by atoms with Crippen LogP contribution in [0.5, 0.6) is 0 Å². The van der Waals surface area contributed by atoms with E-state index in [1.165, 1.54) is 0 Å². The summed E-state index contributed by atoms with van der Waals surface area (Å²) in [6, 6.07) is 5.80. The van der Waals surface area contributed by atoms with Crippen molar-refractivity contribution in [3.63, 3.8) is 0 Å². The number of aryl methyl sites for hydroxylation is 1. The van der Waals surface area contributed by atoms with Crippen molar-refractivity contribution in [2.45, 2.75) is 19.8 Å². The van der Waals surface area contributed by atoms with E-state index in [0.29, 0.717) is 29.6 Å². The van der Waals surface area contributed by atoms with E-state index in [9.17, 15) is 10.0 Å². The van der Waals surface area contributed by atoms with E-state index < -0.39 is 0 Å². The van der Waals surface area contributed by atoms with Crippen molar-refractivity contribution >= 4 is 34.5 Å². The van der Waals surface area contributed by atoms with Crippen molar-refractivity contribution in [3.8, 4) is 11.1 Å². The Balaban J connectivity index is 1.67. The second kappa shape index (κ2) is 6.66. The maximum Gasteiger partial charge on any atom is 0.212 e. The van der Waals surface area contributed by atoms with Gasteiger partial charge in [-0.25, -0.2) is 9.97 Å². The quantitative estimate of drug-likeness (QED) is 0.237. The van der Waals surface area contributed by atoms with Gasteiger partial charge in [0.05, 0.1) is 11.2 Å². The van der Waals surface area contributed by atoms with Gasteiger partial charge in [0.1, 0.15) is 17.2 Å². The number of oxime groups is 1. The molecule has 0 radical (unpaired) electrons. The molecule has 4 heterocycles. The number of carbonyl (C=O) groups is 1. The summed E-state index contributed by atoms with van der Waals surface area (Å²) in [6.45, 7) is 2.02. The summed E-state index contributed by atoms with van der Waals surface area (Å²) in [5.74, 6) is 0.783. The van der Waals surface area contributed by atoms with Crippen LogP contribution in [0.25, 0.3) is 27.7 Å². The number of rotatable bonds is 5. The number of hydrogen-bond acceptors (Lipinski definition) is 6. The van der Waals surface area contributed by atoms with Crippen LogP contribution in [-0.4, -0.2) is 36.7 Å². The molecule has 2 N–H and O–H groups in total. The molecule has 144 valence electrons. The van der Waals surface area contributed by atoms with E-state index in [4.69, 9.17) is 0 Å². The van der Waals surface area contributed by atoms with Crippen molar-refractivity contribution in [2.24, 2.45) is 11.1 Å². The predicted octanol–water partition coefficient (Wildman–Crippen LogP) is 3.41. The molecule has 1 amide bonds. The number of aromatic nitrogens is 4. The van der Waals surface area contributed by atoms with Crippen LogP contribution < -0.4 is 5.32 Å². The molecule has 0 bridgehead atoms. The van der Waals surface area contributed by atoms with Crippen LogP contribution >= 0.6 is 0 Å². The molecule has 4 aromatic rings. The third-order valence-corrected chi connectivity index (χ3v) is 5.29. The number of pyridine rings is 3. The fourth-order valence-electron chi connectivity index (χ4n) is 3.71. The topological polar surface area (TPSA) is 105 Å². The van der Waals surface area contributed by atoms with Gasteiger partial charge in [-0.2, -0.15) is 0 Å². The summed E-state index contributed by atoms with van der Waals surface area (Å²) in [4.78, 5) is 24.1. The Morgan fingerprint density at radius 1 is 1.21 bits per heavy atom.